The summed E-state index contributed by atoms with van der Waals surface area (Å²) in [5.74, 6) is -0.0494. The molecule has 0 aromatic rings. The van der Waals surface area contributed by atoms with Crippen molar-refractivity contribution >= 4 is 11.9 Å². The van der Waals surface area contributed by atoms with Crippen molar-refractivity contribution < 1.29 is 24.5 Å². The Hall–Kier alpha value is -1.40. The van der Waals surface area contributed by atoms with Crippen LogP contribution in [0.4, 0.5) is 0 Å². The minimum Gasteiger partial charge on any atom is -0.466 e. The Bertz CT molecular complexity index is 986. The molecule has 0 aliphatic heterocycles. The third-order valence-electron chi connectivity index (χ3n) is 14.1. The molecule has 0 spiro atoms. The fourth-order valence-electron chi connectivity index (χ4n) is 9.45. The number of ether oxygens (including phenoxy) is 1. The second-order valence-electron chi connectivity index (χ2n) is 20.7. The van der Waals surface area contributed by atoms with E-state index in [1.54, 1.807) is 0 Å². The van der Waals surface area contributed by atoms with E-state index in [-0.39, 0.29) is 18.5 Å². The smallest absolute Gasteiger partial charge is 0.305 e. The molecule has 3 N–H and O–H groups in total. The number of unbranched alkanes of at least 4 members (excludes halogenated alkanes) is 43. The van der Waals surface area contributed by atoms with Crippen LogP contribution in [0, 0.1) is 0 Å². The molecule has 392 valence electrons. The van der Waals surface area contributed by atoms with Crippen molar-refractivity contribution in [2.75, 3.05) is 13.2 Å². The van der Waals surface area contributed by atoms with Gasteiger partial charge in [0, 0.05) is 12.8 Å². The Morgan fingerprint density at radius 1 is 0.409 bits per heavy atom. The number of hydrogen-bond donors (Lipinski definition) is 3. The number of allylic oxidation sites excluding steroid dienone is 2. The molecule has 2 atom stereocenters. The van der Waals surface area contributed by atoms with E-state index in [1.165, 1.54) is 250 Å². The van der Waals surface area contributed by atoms with Crippen LogP contribution in [-0.4, -0.2) is 47.4 Å². The van der Waals surface area contributed by atoms with Crippen LogP contribution in [0.5, 0.6) is 0 Å². The molecule has 2 unspecified atom stereocenters. The van der Waals surface area contributed by atoms with E-state index in [2.05, 4.69) is 31.3 Å². The van der Waals surface area contributed by atoms with Crippen LogP contribution in [-0.2, 0) is 14.3 Å². The Morgan fingerprint density at radius 2 is 0.727 bits per heavy atom. The number of esters is 1. The number of aliphatic hydroxyl groups is 2. The number of carbonyl (C=O) groups is 2. The molecule has 6 nitrogen and oxygen atoms in total. The van der Waals surface area contributed by atoms with Gasteiger partial charge in [-0.2, -0.15) is 0 Å². The molecule has 0 radical (unpaired) electrons. The van der Waals surface area contributed by atoms with Gasteiger partial charge < -0.3 is 20.3 Å². The van der Waals surface area contributed by atoms with Crippen LogP contribution in [0.15, 0.2) is 12.2 Å². The van der Waals surface area contributed by atoms with Crippen LogP contribution in [0.1, 0.15) is 335 Å². The molecule has 0 bridgehead atoms. The molecule has 0 aromatic carbocycles. The maximum Gasteiger partial charge on any atom is 0.305 e. The zero-order valence-electron chi connectivity index (χ0n) is 44.7. The summed E-state index contributed by atoms with van der Waals surface area (Å²) in [4.78, 5) is 24.5. The predicted octanol–water partition coefficient (Wildman–Crippen LogP) is 18.5. The molecule has 0 heterocycles. The summed E-state index contributed by atoms with van der Waals surface area (Å²) >= 11 is 0. The summed E-state index contributed by atoms with van der Waals surface area (Å²) in [6, 6.07) is -0.548. The first-order valence-corrected chi connectivity index (χ1v) is 29.9. The molecule has 1 amide bonds. The first-order valence-electron chi connectivity index (χ1n) is 29.9. The van der Waals surface area contributed by atoms with Crippen molar-refractivity contribution in [3.63, 3.8) is 0 Å². The highest BCUT2D eigenvalue weighted by atomic mass is 16.5. The molecule has 66 heavy (non-hydrogen) atoms. The fourth-order valence-corrected chi connectivity index (χ4v) is 9.45. The number of amides is 1. The normalized spacial score (nSPS) is 12.6. The van der Waals surface area contributed by atoms with E-state index in [0.29, 0.717) is 25.9 Å². The standard InChI is InChI=1S/C60H117NO5/c1-3-5-7-9-11-13-15-16-17-18-19-20-21-22-23-24-26-29-33-36-40-44-48-52-58(63)57(56-62)61-59(64)53-49-45-41-37-34-30-27-25-28-31-35-39-43-47-51-55-66-60(65)54-50-46-42-38-32-14-12-10-8-6-4-2/h10,12,57-58,62-63H,3-9,11,13-56H2,1-2H3,(H,61,64)/b12-10-. The third kappa shape index (κ3) is 52.0. The van der Waals surface area contributed by atoms with Gasteiger partial charge in [-0.15, -0.1) is 0 Å². The zero-order valence-corrected chi connectivity index (χ0v) is 44.7. The van der Waals surface area contributed by atoms with Crippen molar-refractivity contribution in [2.24, 2.45) is 0 Å². The van der Waals surface area contributed by atoms with Gasteiger partial charge in [0.05, 0.1) is 25.4 Å². The summed E-state index contributed by atoms with van der Waals surface area (Å²) in [6.45, 7) is 4.92. The predicted molar refractivity (Wildman–Crippen MR) is 287 cm³/mol. The molecule has 0 saturated heterocycles. The number of rotatable bonds is 56. The van der Waals surface area contributed by atoms with E-state index in [9.17, 15) is 19.8 Å². The van der Waals surface area contributed by atoms with Crippen LogP contribution in [0.2, 0.25) is 0 Å². The lowest BCUT2D eigenvalue weighted by molar-refractivity contribution is -0.143. The highest BCUT2D eigenvalue weighted by Gasteiger charge is 2.20. The van der Waals surface area contributed by atoms with Gasteiger partial charge in [0.1, 0.15) is 0 Å². The minimum absolute atomic E-state index is 0.00941. The van der Waals surface area contributed by atoms with Crippen LogP contribution >= 0.6 is 0 Å². The first-order chi connectivity index (χ1) is 32.5. The second kappa shape index (κ2) is 56.2. The molecule has 0 aliphatic carbocycles. The largest absolute Gasteiger partial charge is 0.466 e. The summed E-state index contributed by atoms with van der Waals surface area (Å²) in [5.41, 5.74) is 0. The van der Waals surface area contributed by atoms with Crippen LogP contribution in [0.25, 0.3) is 0 Å². The lowest BCUT2D eigenvalue weighted by atomic mass is 10.0. The van der Waals surface area contributed by atoms with E-state index in [1.807, 2.05) is 0 Å². The van der Waals surface area contributed by atoms with Gasteiger partial charge in [-0.3, -0.25) is 9.59 Å². The maximum atomic E-state index is 12.5. The summed E-state index contributed by atoms with van der Waals surface area (Å²) in [6.07, 6.45) is 66.4. The van der Waals surface area contributed by atoms with Crippen molar-refractivity contribution in [1.82, 2.24) is 5.32 Å². The van der Waals surface area contributed by atoms with Gasteiger partial charge in [0.25, 0.3) is 0 Å². The highest BCUT2D eigenvalue weighted by molar-refractivity contribution is 5.76. The molecule has 0 rings (SSSR count). The molecule has 0 fully saturated rings. The lowest BCUT2D eigenvalue weighted by Crippen LogP contribution is -2.45. The van der Waals surface area contributed by atoms with Crippen molar-refractivity contribution in [2.45, 2.75) is 347 Å². The number of carbonyl (C=O) groups excluding carboxylic acids is 2. The van der Waals surface area contributed by atoms with E-state index >= 15 is 0 Å². The fraction of sp³-hybridized carbons (Fsp3) is 0.933. The van der Waals surface area contributed by atoms with Gasteiger partial charge in [0.2, 0.25) is 5.91 Å². The number of nitrogens with one attached hydrogen (secondary N) is 1. The molecular weight excluding hydrogens is 815 g/mol. The van der Waals surface area contributed by atoms with Gasteiger partial charge in [-0.25, -0.2) is 0 Å². The highest BCUT2D eigenvalue weighted by Crippen LogP contribution is 2.18. The molecule has 0 aliphatic rings. The van der Waals surface area contributed by atoms with Crippen LogP contribution < -0.4 is 5.32 Å². The molecule has 0 saturated carbocycles. The van der Waals surface area contributed by atoms with Crippen molar-refractivity contribution in [3.05, 3.63) is 12.2 Å². The monoisotopic (exact) mass is 932 g/mol. The van der Waals surface area contributed by atoms with Gasteiger partial charge in [0.15, 0.2) is 0 Å². The van der Waals surface area contributed by atoms with Crippen LogP contribution in [0.3, 0.4) is 0 Å². The second-order valence-corrected chi connectivity index (χ2v) is 20.7. The number of aliphatic hydroxyl groups excluding tert-OH is 2. The topological polar surface area (TPSA) is 95.9 Å². The Kier molecular flexibility index (Phi) is 55.0. The van der Waals surface area contributed by atoms with E-state index in [0.717, 1.165) is 51.4 Å². The average molecular weight is 933 g/mol. The Balaban J connectivity index is 3.43. The maximum absolute atomic E-state index is 12.5. The van der Waals surface area contributed by atoms with Crippen molar-refractivity contribution in [3.8, 4) is 0 Å². The first kappa shape index (κ1) is 64.6. The van der Waals surface area contributed by atoms with Gasteiger partial charge in [-0.05, 0) is 44.9 Å². The zero-order chi connectivity index (χ0) is 47.9. The summed E-state index contributed by atoms with van der Waals surface area (Å²) < 4.78 is 5.45. The van der Waals surface area contributed by atoms with E-state index < -0.39 is 12.1 Å². The molecule has 6 heteroatoms. The minimum atomic E-state index is -0.671. The number of hydrogen-bond acceptors (Lipinski definition) is 5. The Labute approximate surface area is 412 Å². The SMILES string of the molecule is CCCC/C=C\CCCCCCCC(=O)OCCCCCCCCCCCCCCCCCC(=O)NC(CO)C(O)CCCCCCCCCCCCCCCCCCCCCCCCC. The summed E-state index contributed by atoms with van der Waals surface area (Å²) in [7, 11) is 0. The van der Waals surface area contributed by atoms with E-state index in [4.69, 9.17) is 4.74 Å². The quantitative estimate of drug-likeness (QED) is 0.0321. The Morgan fingerprint density at radius 3 is 1.12 bits per heavy atom. The average Bonchev–Trinajstić information content (AvgIpc) is 3.32. The van der Waals surface area contributed by atoms with Gasteiger partial charge >= 0.3 is 5.97 Å². The molecule has 0 aromatic heterocycles. The van der Waals surface area contributed by atoms with Crippen molar-refractivity contribution in [1.29, 1.82) is 0 Å². The lowest BCUT2D eigenvalue weighted by Gasteiger charge is -2.22. The third-order valence-corrected chi connectivity index (χ3v) is 14.1. The van der Waals surface area contributed by atoms with Gasteiger partial charge in [-0.1, -0.05) is 289 Å². The molecular formula is C60H117NO5. The summed E-state index contributed by atoms with van der Waals surface area (Å²) in [5, 5.41) is 23.4.